The lowest BCUT2D eigenvalue weighted by molar-refractivity contribution is 0.0998. The molecule has 29 heavy (non-hydrogen) atoms. The Balaban J connectivity index is 1.96. The van der Waals surface area contributed by atoms with Gasteiger partial charge in [0, 0.05) is 30.4 Å². The maximum Gasteiger partial charge on any atom is 0.297 e. The highest BCUT2D eigenvalue weighted by atomic mass is 32.2. The second-order valence-corrected chi connectivity index (χ2v) is 7.23. The Morgan fingerprint density at radius 3 is 2.69 bits per heavy atom. The van der Waals surface area contributed by atoms with Crippen LogP contribution in [0.3, 0.4) is 0 Å². The van der Waals surface area contributed by atoms with Crippen molar-refractivity contribution in [2.75, 3.05) is 37.5 Å². The van der Waals surface area contributed by atoms with E-state index in [1.54, 1.807) is 36.3 Å². The number of hydrogen-bond acceptors (Lipinski definition) is 8. The molecule has 3 aromatic rings. The van der Waals surface area contributed by atoms with Crippen molar-refractivity contribution >= 4 is 40.4 Å². The van der Waals surface area contributed by atoms with E-state index in [0.29, 0.717) is 49.1 Å². The first-order valence-electron chi connectivity index (χ1n) is 8.99. The van der Waals surface area contributed by atoms with Gasteiger partial charge in [-0.1, -0.05) is 0 Å². The fourth-order valence-electron chi connectivity index (χ4n) is 3.02. The lowest BCUT2D eigenvalue weighted by atomic mass is 10.2. The number of anilines is 1. The minimum absolute atomic E-state index is 0.183. The number of amidine groups is 1. The smallest absolute Gasteiger partial charge is 0.297 e. The molecule has 150 valence electrons. The number of nitrogens with two attached hydrogens (primary N) is 1. The number of hydrogen-bond donors (Lipinski definition) is 1. The van der Waals surface area contributed by atoms with Gasteiger partial charge < -0.3 is 15.4 Å². The number of carbonyl (C=O) groups excluding carboxylic acids is 1. The first-order valence-corrected chi connectivity index (χ1v) is 10.2. The van der Waals surface area contributed by atoms with Crippen LogP contribution in [0.2, 0.25) is 0 Å². The van der Waals surface area contributed by atoms with E-state index in [2.05, 4.69) is 19.9 Å². The summed E-state index contributed by atoms with van der Waals surface area (Å²) in [6.07, 6.45) is 7.03. The van der Waals surface area contributed by atoms with E-state index in [0.717, 1.165) is 4.90 Å². The summed E-state index contributed by atoms with van der Waals surface area (Å²) in [6.45, 7) is 4.09. The van der Waals surface area contributed by atoms with Crippen molar-refractivity contribution in [2.45, 2.75) is 11.8 Å². The lowest BCUT2D eigenvalue weighted by Gasteiger charge is -2.28. The average molecular weight is 412 g/mol. The number of fused-ring (bicyclic) bond motifs is 1. The van der Waals surface area contributed by atoms with Crippen LogP contribution < -0.4 is 10.6 Å². The maximum absolute atomic E-state index is 12.5. The second-order valence-electron chi connectivity index (χ2n) is 6.38. The van der Waals surface area contributed by atoms with Crippen molar-refractivity contribution in [3.05, 3.63) is 30.5 Å². The Bertz CT molecular complexity index is 1070. The SMILES string of the molecule is CSc1cc(C(=O)N=C(C)N)nc2c(N3CCOCC3)nc(-n3ccnc3)nc12. The minimum atomic E-state index is -0.492. The fourth-order valence-corrected chi connectivity index (χ4v) is 3.59. The molecule has 4 heterocycles. The molecule has 1 aliphatic rings. The largest absolute Gasteiger partial charge is 0.387 e. The number of rotatable bonds is 4. The summed E-state index contributed by atoms with van der Waals surface area (Å²) in [7, 11) is 0. The normalized spacial score (nSPS) is 15.1. The summed E-state index contributed by atoms with van der Waals surface area (Å²) >= 11 is 1.48. The zero-order chi connectivity index (χ0) is 20.4. The summed E-state index contributed by atoms with van der Waals surface area (Å²) < 4.78 is 7.22. The van der Waals surface area contributed by atoms with Gasteiger partial charge in [0.2, 0.25) is 5.95 Å². The van der Waals surface area contributed by atoms with Crippen LogP contribution in [-0.2, 0) is 4.74 Å². The molecular formula is C18H20N8O2S. The highest BCUT2D eigenvalue weighted by Crippen LogP contribution is 2.31. The molecule has 1 amide bonds. The monoisotopic (exact) mass is 412 g/mol. The molecule has 1 aliphatic heterocycles. The molecular weight excluding hydrogens is 392 g/mol. The number of amides is 1. The summed E-state index contributed by atoms with van der Waals surface area (Å²) in [4.78, 5) is 37.3. The second kappa shape index (κ2) is 8.13. The standard InChI is InChI=1S/C18H20N8O2S/c1-11(19)21-17(27)12-9-13(29-2)14-15(22-12)16(25-5-7-28-8-6-25)24-18(23-14)26-4-3-20-10-26/h3-4,9-10H,5-8H2,1-2H3,(H2,19,21,27). The molecule has 11 heteroatoms. The van der Waals surface area contributed by atoms with Crippen molar-refractivity contribution in [1.29, 1.82) is 0 Å². The molecule has 0 bridgehead atoms. The van der Waals surface area contributed by atoms with Crippen LogP contribution >= 0.6 is 11.8 Å². The maximum atomic E-state index is 12.5. The van der Waals surface area contributed by atoms with Gasteiger partial charge in [-0.05, 0) is 19.2 Å². The third-order valence-corrected chi connectivity index (χ3v) is 5.10. The molecule has 0 aliphatic carbocycles. The van der Waals surface area contributed by atoms with Crippen LogP contribution in [0.15, 0.2) is 34.7 Å². The Labute approximate surface area is 171 Å². The molecule has 0 spiro atoms. The molecule has 2 N–H and O–H groups in total. The Morgan fingerprint density at radius 2 is 2.03 bits per heavy atom. The molecule has 10 nitrogen and oxygen atoms in total. The summed E-state index contributed by atoms with van der Waals surface area (Å²) in [6, 6.07) is 1.69. The highest BCUT2D eigenvalue weighted by Gasteiger charge is 2.22. The van der Waals surface area contributed by atoms with E-state index in [9.17, 15) is 4.79 Å². The van der Waals surface area contributed by atoms with Crippen molar-refractivity contribution in [3.63, 3.8) is 0 Å². The van der Waals surface area contributed by atoms with E-state index in [-0.39, 0.29) is 11.5 Å². The minimum Gasteiger partial charge on any atom is -0.387 e. The number of nitrogens with zero attached hydrogens (tertiary/aromatic N) is 7. The van der Waals surface area contributed by atoms with Crippen molar-refractivity contribution in [1.82, 2.24) is 24.5 Å². The van der Waals surface area contributed by atoms with Crippen LogP contribution in [-0.4, -0.2) is 68.8 Å². The molecule has 0 saturated carbocycles. The number of aliphatic imine (C=N–C) groups is 1. The van der Waals surface area contributed by atoms with Gasteiger partial charge in [0.25, 0.3) is 5.91 Å². The first-order chi connectivity index (χ1) is 14.1. The van der Waals surface area contributed by atoms with E-state index in [1.807, 2.05) is 6.26 Å². The Morgan fingerprint density at radius 1 is 1.24 bits per heavy atom. The van der Waals surface area contributed by atoms with Crippen LogP contribution in [0.4, 0.5) is 5.82 Å². The van der Waals surface area contributed by atoms with Crippen molar-refractivity contribution in [3.8, 4) is 5.95 Å². The molecule has 0 radical (unpaired) electrons. The quantitative estimate of drug-likeness (QED) is 0.383. The Hall–Kier alpha value is -3.05. The van der Waals surface area contributed by atoms with Crippen LogP contribution in [0, 0.1) is 0 Å². The van der Waals surface area contributed by atoms with E-state index in [4.69, 9.17) is 20.4 Å². The summed E-state index contributed by atoms with van der Waals surface area (Å²) in [5, 5.41) is 0. The number of aromatic nitrogens is 5. The van der Waals surface area contributed by atoms with Crippen LogP contribution in [0.5, 0.6) is 0 Å². The van der Waals surface area contributed by atoms with Crippen LogP contribution in [0.25, 0.3) is 17.0 Å². The van der Waals surface area contributed by atoms with Crippen molar-refractivity contribution in [2.24, 2.45) is 10.7 Å². The van der Waals surface area contributed by atoms with E-state index >= 15 is 0 Å². The fraction of sp³-hybridized carbons (Fsp3) is 0.333. The van der Waals surface area contributed by atoms with E-state index < -0.39 is 5.91 Å². The van der Waals surface area contributed by atoms with Gasteiger partial charge in [0.15, 0.2) is 5.82 Å². The average Bonchev–Trinajstić information content (AvgIpc) is 3.27. The third kappa shape index (κ3) is 3.91. The molecule has 3 aromatic heterocycles. The third-order valence-electron chi connectivity index (χ3n) is 4.35. The zero-order valence-electron chi connectivity index (χ0n) is 16.1. The zero-order valence-corrected chi connectivity index (χ0v) is 16.9. The number of imidazole rings is 1. The van der Waals surface area contributed by atoms with E-state index in [1.165, 1.54) is 11.8 Å². The Kier molecular flexibility index (Phi) is 5.41. The lowest BCUT2D eigenvalue weighted by Crippen LogP contribution is -2.37. The van der Waals surface area contributed by atoms with Gasteiger partial charge in [-0.3, -0.25) is 9.36 Å². The van der Waals surface area contributed by atoms with Crippen molar-refractivity contribution < 1.29 is 9.53 Å². The molecule has 1 saturated heterocycles. The molecule has 0 atom stereocenters. The van der Waals surface area contributed by atoms with Gasteiger partial charge in [-0.15, -0.1) is 11.8 Å². The predicted octanol–water partition coefficient (Wildman–Crippen LogP) is 1.29. The predicted molar refractivity (Wildman–Crippen MR) is 111 cm³/mol. The van der Waals surface area contributed by atoms with Gasteiger partial charge in [-0.2, -0.15) is 9.98 Å². The summed E-state index contributed by atoms with van der Waals surface area (Å²) in [5.74, 6) is 0.834. The topological polar surface area (TPSA) is 124 Å². The number of carbonyl (C=O) groups is 1. The number of pyridine rings is 1. The molecule has 1 fully saturated rings. The molecule has 0 unspecified atom stereocenters. The van der Waals surface area contributed by atoms with Gasteiger partial charge in [0.05, 0.1) is 13.2 Å². The number of morpholine rings is 1. The molecule has 0 aromatic carbocycles. The molecule has 4 rings (SSSR count). The highest BCUT2D eigenvalue weighted by molar-refractivity contribution is 7.98. The number of ether oxygens (including phenoxy) is 1. The number of thioether (sulfide) groups is 1. The van der Waals surface area contributed by atoms with Gasteiger partial charge >= 0.3 is 0 Å². The van der Waals surface area contributed by atoms with Crippen LogP contribution in [0.1, 0.15) is 17.4 Å². The van der Waals surface area contributed by atoms with Gasteiger partial charge in [0.1, 0.15) is 28.9 Å². The summed E-state index contributed by atoms with van der Waals surface area (Å²) in [5.41, 5.74) is 7.00. The van der Waals surface area contributed by atoms with Gasteiger partial charge in [-0.25, -0.2) is 15.0 Å². The first kappa shape index (κ1) is 19.3.